The molecule has 144 valence electrons. The van der Waals surface area contributed by atoms with Gasteiger partial charge >= 0.3 is 0 Å². The van der Waals surface area contributed by atoms with Crippen molar-refractivity contribution in [3.8, 4) is 0 Å². The molecule has 1 atom stereocenters. The molecule has 1 unspecified atom stereocenters. The first-order chi connectivity index (χ1) is 12.8. The Bertz CT molecular complexity index is 853. The molecule has 0 radical (unpaired) electrons. The highest BCUT2D eigenvalue weighted by Crippen LogP contribution is 2.44. The van der Waals surface area contributed by atoms with Gasteiger partial charge in [-0.2, -0.15) is 0 Å². The molecule has 27 heavy (non-hydrogen) atoms. The molecular weight excluding hydrogens is 370 g/mol. The van der Waals surface area contributed by atoms with Crippen molar-refractivity contribution in [2.45, 2.75) is 25.7 Å². The van der Waals surface area contributed by atoms with Crippen molar-refractivity contribution in [2.24, 2.45) is 0 Å². The summed E-state index contributed by atoms with van der Waals surface area (Å²) in [5.74, 6) is -2.37. The first kappa shape index (κ1) is 19.8. The number of hydrogen-bond acceptors (Lipinski definition) is 2. The van der Waals surface area contributed by atoms with Crippen LogP contribution in [0.1, 0.15) is 36.2 Å². The number of halogens is 3. The van der Waals surface area contributed by atoms with Crippen LogP contribution >= 0.6 is 11.6 Å². The van der Waals surface area contributed by atoms with Gasteiger partial charge in [-0.1, -0.05) is 31.5 Å². The van der Waals surface area contributed by atoms with E-state index in [2.05, 4.69) is 18.7 Å². The van der Waals surface area contributed by atoms with Gasteiger partial charge in [-0.3, -0.25) is 4.79 Å². The number of carbonyl (C=O) groups is 1. The molecule has 1 amide bonds. The summed E-state index contributed by atoms with van der Waals surface area (Å²) in [4.78, 5) is 16.7. The Morgan fingerprint density at radius 2 is 1.93 bits per heavy atom. The average Bonchev–Trinajstić information content (AvgIpc) is 2.92. The van der Waals surface area contributed by atoms with Crippen molar-refractivity contribution in [3.05, 3.63) is 64.2 Å². The Balaban J connectivity index is 2.00. The van der Waals surface area contributed by atoms with E-state index in [1.54, 1.807) is 12.1 Å². The van der Waals surface area contributed by atoms with E-state index in [9.17, 15) is 13.6 Å². The maximum Gasteiger partial charge on any atom is 0.264 e. The van der Waals surface area contributed by atoms with Crippen LogP contribution in [0.15, 0.2) is 36.4 Å². The second-order valence-corrected chi connectivity index (χ2v) is 7.79. The molecule has 0 N–H and O–H groups in total. The second kappa shape index (κ2) is 7.56. The maximum absolute atomic E-state index is 14.2. The molecule has 6 heteroatoms. The molecule has 0 aromatic heterocycles. The largest absolute Gasteiger partial charge is 0.307 e. The van der Waals surface area contributed by atoms with Gasteiger partial charge in [0.05, 0.1) is 0 Å². The Labute approximate surface area is 163 Å². The highest BCUT2D eigenvalue weighted by molar-refractivity contribution is 6.30. The van der Waals surface area contributed by atoms with Gasteiger partial charge < -0.3 is 9.80 Å². The summed E-state index contributed by atoms with van der Waals surface area (Å²) in [5, 5.41) is 0.579. The molecule has 1 aliphatic rings. The topological polar surface area (TPSA) is 23.6 Å². The van der Waals surface area contributed by atoms with Crippen LogP contribution in [-0.2, 0) is 5.41 Å². The summed E-state index contributed by atoms with van der Waals surface area (Å²) < 4.78 is 28.3. The molecular formula is C21H23ClF2N2O. The third-order valence-corrected chi connectivity index (χ3v) is 5.65. The SMILES string of the molecule is CCN(C)CCC1(C)CN(C(=O)c2c(F)cccc2F)c2ccc(Cl)cc21. The van der Waals surface area contributed by atoms with Crippen LogP contribution < -0.4 is 4.90 Å². The van der Waals surface area contributed by atoms with Crippen LogP contribution in [0.4, 0.5) is 14.5 Å². The van der Waals surface area contributed by atoms with Crippen molar-refractivity contribution in [1.29, 1.82) is 0 Å². The molecule has 0 aliphatic carbocycles. The Kier molecular flexibility index (Phi) is 5.54. The minimum Gasteiger partial charge on any atom is -0.307 e. The zero-order valence-corrected chi connectivity index (χ0v) is 16.5. The van der Waals surface area contributed by atoms with Gasteiger partial charge in [0.2, 0.25) is 0 Å². The molecule has 2 aromatic rings. The summed E-state index contributed by atoms with van der Waals surface area (Å²) in [6.45, 7) is 6.26. The first-order valence-electron chi connectivity index (χ1n) is 9.01. The first-order valence-corrected chi connectivity index (χ1v) is 9.39. The van der Waals surface area contributed by atoms with Gasteiger partial charge in [0.25, 0.3) is 5.91 Å². The van der Waals surface area contributed by atoms with E-state index in [-0.39, 0.29) is 5.41 Å². The zero-order valence-electron chi connectivity index (χ0n) is 15.7. The lowest BCUT2D eigenvalue weighted by atomic mass is 9.81. The number of amides is 1. The van der Waals surface area contributed by atoms with Gasteiger partial charge in [-0.05, 0) is 62.5 Å². The Morgan fingerprint density at radius 3 is 2.56 bits per heavy atom. The minimum atomic E-state index is -0.852. The van der Waals surface area contributed by atoms with Crippen molar-refractivity contribution in [2.75, 3.05) is 31.6 Å². The van der Waals surface area contributed by atoms with E-state index in [0.29, 0.717) is 17.3 Å². The van der Waals surface area contributed by atoms with Crippen LogP contribution in [0.2, 0.25) is 5.02 Å². The Hall–Kier alpha value is -1.98. The molecule has 1 heterocycles. The fraction of sp³-hybridized carbons (Fsp3) is 0.381. The van der Waals surface area contributed by atoms with Gasteiger partial charge in [-0.25, -0.2) is 8.78 Å². The summed E-state index contributed by atoms with van der Waals surface area (Å²) >= 11 is 6.20. The monoisotopic (exact) mass is 392 g/mol. The minimum absolute atomic E-state index is 0.346. The highest BCUT2D eigenvalue weighted by atomic mass is 35.5. The number of carbonyl (C=O) groups excluding carboxylic acids is 1. The molecule has 0 fully saturated rings. The third kappa shape index (κ3) is 3.71. The number of benzene rings is 2. The number of hydrogen-bond donors (Lipinski definition) is 0. The summed E-state index contributed by atoms with van der Waals surface area (Å²) in [7, 11) is 2.04. The summed E-state index contributed by atoms with van der Waals surface area (Å²) in [6, 6.07) is 8.76. The van der Waals surface area contributed by atoms with Gasteiger partial charge in [-0.15, -0.1) is 0 Å². The quantitative estimate of drug-likeness (QED) is 0.724. The standard InChI is InChI=1S/C21H23ClF2N2O/c1-4-25(3)11-10-21(2)13-26(18-9-8-14(22)12-15(18)21)20(27)19-16(23)6-5-7-17(19)24/h5-9,12H,4,10-11,13H2,1-3H3. The van der Waals surface area contributed by atoms with E-state index < -0.39 is 23.1 Å². The van der Waals surface area contributed by atoms with Gasteiger partial charge in [0.15, 0.2) is 0 Å². The zero-order chi connectivity index (χ0) is 19.8. The molecule has 0 saturated heterocycles. The van der Waals surface area contributed by atoms with Crippen molar-refractivity contribution in [1.82, 2.24) is 4.90 Å². The van der Waals surface area contributed by atoms with Crippen LogP contribution in [0.3, 0.4) is 0 Å². The summed E-state index contributed by atoms with van der Waals surface area (Å²) in [5.41, 5.74) is 0.729. The van der Waals surface area contributed by atoms with Crippen LogP contribution in [0.25, 0.3) is 0 Å². The van der Waals surface area contributed by atoms with Crippen LogP contribution in [0, 0.1) is 11.6 Å². The van der Waals surface area contributed by atoms with Crippen LogP contribution in [0.5, 0.6) is 0 Å². The number of nitrogens with zero attached hydrogens (tertiary/aromatic N) is 2. The van der Waals surface area contributed by atoms with E-state index in [0.717, 1.165) is 37.2 Å². The van der Waals surface area contributed by atoms with Crippen molar-refractivity contribution in [3.63, 3.8) is 0 Å². The van der Waals surface area contributed by atoms with Gasteiger partial charge in [0, 0.05) is 22.7 Å². The average molecular weight is 393 g/mol. The normalized spacial score (nSPS) is 18.9. The molecule has 0 saturated carbocycles. The summed E-state index contributed by atoms with van der Waals surface area (Å²) in [6.07, 6.45) is 0.800. The predicted molar refractivity (Wildman–Crippen MR) is 105 cm³/mol. The molecule has 0 bridgehead atoms. The number of anilines is 1. The smallest absolute Gasteiger partial charge is 0.264 e. The van der Waals surface area contributed by atoms with E-state index in [1.807, 2.05) is 13.1 Å². The Morgan fingerprint density at radius 1 is 1.26 bits per heavy atom. The lowest BCUT2D eigenvalue weighted by Crippen LogP contribution is -2.38. The third-order valence-electron chi connectivity index (χ3n) is 5.41. The fourth-order valence-corrected chi connectivity index (χ4v) is 3.75. The second-order valence-electron chi connectivity index (χ2n) is 7.36. The van der Waals surface area contributed by atoms with Crippen LogP contribution in [-0.4, -0.2) is 37.5 Å². The lowest BCUT2D eigenvalue weighted by Gasteiger charge is -2.28. The molecule has 1 aliphatic heterocycles. The predicted octanol–water partition coefficient (Wildman–Crippen LogP) is 4.88. The molecule has 2 aromatic carbocycles. The molecule has 3 rings (SSSR count). The van der Waals surface area contributed by atoms with Crippen molar-refractivity contribution < 1.29 is 13.6 Å². The number of fused-ring (bicyclic) bond motifs is 1. The van der Waals surface area contributed by atoms with E-state index in [1.165, 1.54) is 11.0 Å². The highest BCUT2D eigenvalue weighted by Gasteiger charge is 2.42. The van der Waals surface area contributed by atoms with Gasteiger partial charge in [0.1, 0.15) is 17.2 Å². The fourth-order valence-electron chi connectivity index (χ4n) is 3.57. The van der Waals surface area contributed by atoms with E-state index in [4.69, 9.17) is 11.6 Å². The van der Waals surface area contributed by atoms with E-state index >= 15 is 0 Å². The van der Waals surface area contributed by atoms with Crippen molar-refractivity contribution >= 4 is 23.2 Å². The lowest BCUT2D eigenvalue weighted by molar-refractivity contribution is 0.0976. The molecule has 3 nitrogen and oxygen atoms in total. The maximum atomic E-state index is 14.2. The molecule has 0 spiro atoms. The number of rotatable bonds is 5.